The summed E-state index contributed by atoms with van der Waals surface area (Å²) in [4.78, 5) is 5.37. The van der Waals surface area contributed by atoms with E-state index >= 15 is 0 Å². The third-order valence-electron chi connectivity index (χ3n) is 5.77. The summed E-state index contributed by atoms with van der Waals surface area (Å²) in [5.74, 6) is 0.762. The minimum Gasteiger partial charge on any atom is -0.369 e. The maximum atomic E-state index is 3.79. The third kappa shape index (κ3) is 2.35. The Morgan fingerprint density at radius 3 is 2.48 bits per heavy atom. The van der Waals surface area contributed by atoms with Crippen molar-refractivity contribution in [2.24, 2.45) is 5.92 Å². The van der Waals surface area contributed by atoms with Gasteiger partial charge in [0.05, 0.1) is 6.17 Å². The number of benzene rings is 2. The normalized spacial score (nSPS) is 34.9. The number of hydrogen-bond donors (Lipinski definition) is 1. The van der Waals surface area contributed by atoms with E-state index in [0.29, 0.717) is 6.17 Å². The highest BCUT2D eigenvalue weighted by atomic mass is 15.5. The second-order valence-electron chi connectivity index (χ2n) is 7.12. The lowest BCUT2D eigenvalue weighted by Gasteiger charge is -2.27. The van der Waals surface area contributed by atoms with Gasteiger partial charge in [0.1, 0.15) is 0 Å². The zero-order chi connectivity index (χ0) is 15.2. The Hall–Kier alpha value is -1.84. The second-order valence-corrected chi connectivity index (χ2v) is 7.12. The molecule has 3 nitrogen and oxygen atoms in total. The van der Waals surface area contributed by atoms with Crippen LogP contribution in [0.2, 0.25) is 0 Å². The van der Waals surface area contributed by atoms with Crippen molar-refractivity contribution in [3.63, 3.8) is 0 Å². The van der Waals surface area contributed by atoms with Crippen LogP contribution in [0, 0.1) is 5.92 Å². The Balaban J connectivity index is 1.32. The summed E-state index contributed by atoms with van der Waals surface area (Å²) >= 11 is 0. The molecule has 3 heterocycles. The van der Waals surface area contributed by atoms with Gasteiger partial charge in [0.2, 0.25) is 0 Å². The Bertz CT molecular complexity index is 672. The van der Waals surface area contributed by atoms with Gasteiger partial charge in [-0.1, -0.05) is 48.5 Å². The van der Waals surface area contributed by atoms with Gasteiger partial charge in [-0.15, -0.1) is 0 Å². The van der Waals surface area contributed by atoms with E-state index in [0.717, 1.165) is 24.5 Å². The summed E-state index contributed by atoms with van der Waals surface area (Å²) in [7, 11) is 0. The number of nitrogens with zero attached hydrogens (tertiary/aromatic N) is 2. The maximum absolute atomic E-state index is 3.79. The van der Waals surface area contributed by atoms with Crippen LogP contribution in [0.5, 0.6) is 0 Å². The Morgan fingerprint density at radius 2 is 1.70 bits per heavy atom. The van der Waals surface area contributed by atoms with Gasteiger partial charge in [0.25, 0.3) is 0 Å². The van der Waals surface area contributed by atoms with E-state index in [1.54, 1.807) is 0 Å². The zero-order valence-corrected chi connectivity index (χ0v) is 13.3. The predicted molar refractivity (Wildman–Crippen MR) is 93.1 cm³/mol. The Morgan fingerprint density at radius 1 is 0.957 bits per heavy atom. The molecule has 5 atom stereocenters. The molecule has 0 aromatic heterocycles. The highest BCUT2D eigenvalue weighted by Gasteiger charge is 2.61. The van der Waals surface area contributed by atoms with Crippen molar-refractivity contribution >= 4 is 5.69 Å². The first-order valence-corrected chi connectivity index (χ1v) is 8.75. The molecular formula is C20H23N3. The molecule has 5 rings (SSSR count). The molecule has 3 saturated heterocycles. The van der Waals surface area contributed by atoms with Gasteiger partial charge in [-0.3, -0.25) is 9.80 Å². The molecule has 3 aliphatic rings. The monoisotopic (exact) mass is 305 g/mol. The smallest absolute Gasteiger partial charge is 0.0842 e. The van der Waals surface area contributed by atoms with Gasteiger partial charge >= 0.3 is 0 Å². The van der Waals surface area contributed by atoms with Crippen molar-refractivity contribution in [3.05, 3.63) is 66.2 Å². The van der Waals surface area contributed by atoms with Crippen molar-refractivity contribution in [2.75, 3.05) is 18.4 Å². The van der Waals surface area contributed by atoms with E-state index in [2.05, 4.69) is 75.8 Å². The van der Waals surface area contributed by atoms with Gasteiger partial charge in [0, 0.05) is 36.8 Å². The molecule has 2 aromatic carbocycles. The van der Waals surface area contributed by atoms with E-state index in [9.17, 15) is 0 Å². The summed E-state index contributed by atoms with van der Waals surface area (Å²) in [5, 5.41) is 3.79. The largest absolute Gasteiger partial charge is 0.369 e. The SMILES string of the molecule is c1ccc(CN2CCC3C2C2CN2C3Nc2ccccc2)cc1. The first-order valence-electron chi connectivity index (χ1n) is 8.75. The quantitative estimate of drug-likeness (QED) is 0.876. The Labute approximate surface area is 137 Å². The number of likely N-dealkylation sites (tertiary alicyclic amines) is 1. The number of rotatable bonds is 4. The van der Waals surface area contributed by atoms with Crippen LogP contribution in [0.3, 0.4) is 0 Å². The second kappa shape index (κ2) is 5.36. The fourth-order valence-corrected chi connectivity index (χ4v) is 4.72. The summed E-state index contributed by atoms with van der Waals surface area (Å²) in [6, 6.07) is 23.1. The van der Waals surface area contributed by atoms with Crippen LogP contribution in [0.4, 0.5) is 5.69 Å². The van der Waals surface area contributed by atoms with Gasteiger partial charge in [-0.2, -0.15) is 0 Å². The van der Waals surface area contributed by atoms with Crippen molar-refractivity contribution < 1.29 is 0 Å². The molecule has 23 heavy (non-hydrogen) atoms. The molecule has 0 amide bonds. The van der Waals surface area contributed by atoms with Crippen molar-refractivity contribution in [3.8, 4) is 0 Å². The molecule has 118 valence electrons. The molecule has 5 unspecified atom stereocenters. The average molecular weight is 305 g/mol. The summed E-state index contributed by atoms with van der Waals surface area (Å²) < 4.78 is 0. The molecule has 0 bridgehead atoms. The van der Waals surface area contributed by atoms with Crippen molar-refractivity contribution in [2.45, 2.75) is 31.2 Å². The first kappa shape index (κ1) is 13.6. The van der Waals surface area contributed by atoms with E-state index in [1.807, 2.05) is 0 Å². The lowest BCUT2D eigenvalue weighted by Crippen LogP contribution is -2.38. The molecule has 0 saturated carbocycles. The maximum Gasteiger partial charge on any atom is 0.0842 e. The molecule has 3 fully saturated rings. The lowest BCUT2D eigenvalue weighted by molar-refractivity contribution is 0.229. The summed E-state index contributed by atoms with van der Waals surface area (Å²) in [6.45, 7) is 3.60. The first-order chi connectivity index (χ1) is 11.4. The number of fused-ring (bicyclic) bond motifs is 3. The molecule has 0 radical (unpaired) electrons. The van der Waals surface area contributed by atoms with E-state index in [4.69, 9.17) is 0 Å². The van der Waals surface area contributed by atoms with Crippen LogP contribution in [-0.4, -0.2) is 41.1 Å². The number of para-hydroxylation sites is 1. The van der Waals surface area contributed by atoms with Crippen molar-refractivity contribution in [1.82, 2.24) is 9.80 Å². The molecule has 0 aliphatic carbocycles. The molecular weight excluding hydrogens is 282 g/mol. The fourth-order valence-electron chi connectivity index (χ4n) is 4.72. The van der Waals surface area contributed by atoms with Crippen LogP contribution >= 0.6 is 0 Å². The lowest BCUT2D eigenvalue weighted by atomic mass is 9.97. The van der Waals surface area contributed by atoms with Crippen LogP contribution in [0.25, 0.3) is 0 Å². The van der Waals surface area contributed by atoms with Gasteiger partial charge in [-0.25, -0.2) is 0 Å². The number of anilines is 1. The minimum absolute atomic E-state index is 0.521. The number of piperidine rings is 1. The molecule has 1 N–H and O–H groups in total. The molecule has 3 heteroatoms. The van der Waals surface area contributed by atoms with Crippen LogP contribution in [-0.2, 0) is 6.54 Å². The van der Waals surface area contributed by atoms with Gasteiger partial charge < -0.3 is 5.32 Å². The average Bonchev–Trinajstić information content (AvgIpc) is 3.18. The van der Waals surface area contributed by atoms with Gasteiger partial charge in [-0.05, 0) is 30.7 Å². The number of nitrogens with one attached hydrogen (secondary N) is 1. The van der Waals surface area contributed by atoms with Crippen LogP contribution in [0.1, 0.15) is 12.0 Å². The standard InChI is InChI=1S/C20H23N3/c1-3-7-15(8-4-1)13-22-12-11-17-19(22)18-14-23(18)20(17)21-16-9-5-2-6-10-16/h1-10,17-21H,11-14H2. The van der Waals surface area contributed by atoms with E-state index < -0.39 is 0 Å². The zero-order valence-electron chi connectivity index (χ0n) is 13.3. The third-order valence-corrected chi connectivity index (χ3v) is 5.77. The summed E-state index contributed by atoms with van der Waals surface area (Å²) in [5.41, 5.74) is 2.70. The Kier molecular flexibility index (Phi) is 3.17. The van der Waals surface area contributed by atoms with Crippen LogP contribution in [0.15, 0.2) is 60.7 Å². The number of hydrogen-bond acceptors (Lipinski definition) is 3. The molecule has 0 spiro atoms. The molecule has 3 aliphatic heterocycles. The fraction of sp³-hybridized carbons (Fsp3) is 0.400. The van der Waals surface area contributed by atoms with Crippen LogP contribution < -0.4 is 5.32 Å². The summed E-state index contributed by atoms with van der Waals surface area (Å²) in [6.07, 6.45) is 1.84. The topological polar surface area (TPSA) is 18.3 Å². The van der Waals surface area contributed by atoms with E-state index in [1.165, 1.54) is 30.8 Å². The minimum atomic E-state index is 0.521. The van der Waals surface area contributed by atoms with E-state index in [-0.39, 0.29) is 0 Å². The molecule has 2 aromatic rings. The highest BCUT2D eigenvalue weighted by Crippen LogP contribution is 2.48. The highest BCUT2D eigenvalue weighted by molar-refractivity contribution is 5.45. The van der Waals surface area contributed by atoms with Gasteiger partial charge in [0.15, 0.2) is 0 Å². The predicted octanol–water partition coefficient (Wildman–Crippen LogP) is 3.01. The van der Waals surface area contributed by atoms with Crippen molar-refractivity contribution in [1.29, 1.82) is 0 Å².